The maximum atomic E-state index is 10.7. The van der Waals surface area contributed by atoms with E-state index in [-0.39, 0.29) is 5.69 Å². The lowest BCUT2D eigenvalue weighted by Crippen LogP contribution is -1.93. The molecule has 3 aromatic carbocycles. The first-order chi connectivity index (χ1) is 11.6. The van der Waals surface area contributed by atoms with E-state index in [2.05, 4.69) is 17.4 Å². The summed E-state index contributed by atoms with van der Waals surface area (Å²) >= 11 is 0. The molecule has 0 saturated heterocycles. The Hall–Kier alpha value is -3.34. The lowest BCUT2D eigenvalue weighted by molar-refractivity contribution is -0.384. The fourth-order valence-corrected chi connectivity index (χ4v) is 2.41. The predicted molar refractivity (Wildman–Crippen MR) is 96.5 cm³/mol. The summed E-state index contributed by atoms with van der Waals surface area (Å²) in [7, 11) is 0. The average Bonchev–Trinajstić information content (AvgIpc) is 2.59. The molecule has 5 heteroatoms. The van der Waals surface area contributed by atoms with Gasteiger partial charge in [-0.1, -0.05) is 24.3 Å². The largest absolute Gasteiger partial charge is 0.399 e. The highest BCUT2D eigenvalue weighted by molar-refractivity contribution is 5.61. The summed E-state index contributed by atoms with van der Waals surface area (Å²) in [6.45, 7) is 0. The van der Waals surface area contributed by atoms with Crippen LogP contribution < -0.4 is 11.1 Å². The molecule has 5 nitrogen and oxygen atoms in total. The molecule has 3 aromatic rings. The van der Waals surface area contributed by atoms with Crippen LogP contribution in [0.1, 0.15) is 11.1 Å². The number of benzene rings is 3. The quantitative estimate of drug-likeness (QED) is 0.412. The van der Waals surface area contributed by atoms with Crippen LogP contribution in [0.3, 0.4) is 0 Å². The first kappa shape index (κ1) is 15.6. The summed E-state index contributed by atoms with van der Waals surface area (Å²) in [5.41, 5.74) is 10.7. The standard InChI is InChI=1S/C19H17N3O2/c20-16-5-1-14(2-6-16)13-15-3-7-17(8-4-15)21-18-9-11-19(12-10-18)22(23)24/h1-12,21H,13,20H2. The second-order valence-corrected chi connectivity index (χ2v) is 5.54. The maximum Gasteiger partial charge on any atom is 0.269 e. The van der Waals surface area contributed by atoms with Gasteiger partial charge in [0.15, 0.2) is 0 Å². The van der Waals surface area contributed by atoms with Gasteiger partial charge in [0.25, 0.3) is 5.69 Å². The Morgan fingerprint density at radius 1 is 0.792 bits per heavy atom. The van der Waals surface area contributed by atoms with Crippen molar-refractivity contribution in [3.8, 4) is 0 Å². The van der Waals surface area contributed by atoms with Gasteiger partial charge in [-0.2, -0.15) is 0 Å². The monoisotopic (exact) mass is 319 g/mol. The van der Waals surface area contributed by atoms with Crippen molar-refractivity contribution in [2.75, 3.05) is 11.1 Å². The van der Waals surface area contributed by atoms with Crippen LogP contribution in [0.5, 0.6) is 0 Å². The van der Waals surface area contributed by atoms with Crippen LogP contribution in [0, 0.1) is 10.1 Å². The fourth-order valence-electron chi connectivity index (χ4n) is 2.41. The van der Waals surface area contributed by atoms with Gasteiger partial charge in [0.2, 0.25) is 0 Å². The summed E-state index contributed by atoms with van der Waals surface area (Å²) in [5.74, 6) is 0. The van der Waals surface area contributed by atoms with Crippen LogP contribution in [0.15, 0.2) is 72.8 Å². The van der Waals surface area contributed by atoms with Crippen molar-refractivity contribution in [1.29, 1.82) is 0 Å². The Morgan fingerprint density at radius 2 is 1.25 bits per heavy atom. The number of non-ortho nitro benzene ring substituents is 1. The van der Waals surface area contributed by atoms with Crippen LogP contribution in [-0.4, -0.2) is 4.92 Å². The number of anilines is 3. The Balaban J connectivity index is 1.65. The lowest BCUT2D eigenvalue weighted by Gasteiger charge is -2.08. The average molecular weight is 319 g/mol. The van der Waals surface area contributed by atoms with E-state index < -0.39 is 4.92 Å². The minimum atomic E-state index is -0.407. The normalized spacial score (nSPS) is 10.3. The van der Waals surface area contributed by atoms with Crippen LogP contribution in [0.2, 0.25) is 0 Å². The molecule has 24 heavy (non-hydrogen) atoms. The molecule has 0 amide bonds. The molecule has 3 rings (SSSR count). The third-order valence-electron chi connectivity index (χ3n) is 3.71. The van der Waals surface area contributed by atoms with E-state index in [0.29, 0.717) is 0 Å². The van der Waals surface area contributed by atoms with E-state index >= 15 is 0 Å². The maximum absolute atomic E-state index is 10.7. The van der Waals surface area contributed by atoms with E-state index in [9.17, 15) is 10.1 Å². The number of nitro benzene ring substituents is 1. The van der Waals surface area contributed by atoms with Crippen molar-refractivity contribution < 1.29 is 4.92 Å². The Bertz CT molecular complexity index is 826. The molecule has 0 radical (unpaired) electrons. The van der Waals surface area contributed by atoms with Crippen molar-refractivity contribution >= 4 is 22.7 Å². The first-order valence-electron chi connectivity index (χ1n) is 7.55. The number of hydrogen-bond donors (Lipinski definition) is 2. The number of nitrogen functional groups attached to an aromatic ring is 1. The zero-order valence-electron chi connectivity index (χ0n) is 13.0. The zero-order chi connectivity index (χ0) is 16.9. The number of nitrogens with zero attached hydrogens (tertiary/aromatic N) is 1. The molecule has 0 aliphatic heterocycles. The number of nitrogens with one attached hydrogen (secondary N) is 1. The highest BCUT2D eigenvalue weighted by atomic mass is 16.6. The van der Waals surface area contributed by atoms with Gasteiger partial charge in [-0.3, -0.25) is 10.1 Å². The number of nitrogens with two attached hydrogens (primary N) is 1. The van der Waals surface area contributed by atoms with Crippen LogP contribution in [0.25, 0.3) is 0 Å². The number of rotatable bonds is 5. The molecule has 0 unspecified atom stereocenters. The van der Waals surface area contributed by atoms with Crippen molar-refractivity contribution in [3.05, 3.63) is 94.0 Å². The van der Waals surface area contributed by atoms with Gasteiger partial charge in [-0.05, 0) is 53.9 Å². The van der Waals surface area contributed by atoms with Gasteiger partial charge in [-0.25, -0.2) is 0 Å². The Kier molecular flexibility index (Phi) is 4.43. The summed E-state index contributed by atoms with van der Waals surface area (Å²) in [6.07, 6.45) is 0.845. The van der Waals surface area contributed by atoms with Gasteiger partial charge < -0.3 is 11.1 Å². The van der Waals surface area contributed by atoms with E-state index in [1.54, 1.807) is 12.1 Å². The molecule has 120 valence electrons. The summed E-state index contributed by atoms with van der Waals surface area (Å²) in [4.78, 5) is 10.2. The predicted octanol–water partition coefficient (Wildman–Crippen LogP) is 4.51. The molecule has 3 N–H and O–H groups in total. The molecule has 0 aromatic heterocycles. The number of nitro groups is 1. The van der Waals surface area contributed by atoms with Gasteiger partial charge in [0.1, 0.15) is 0 Å². The van der Waals surface area contributed by atoms with E-state index in [4.69, 9.17) is 5.73 Å². The van der Waals surface area contributed by atoms with Crippen LogP contribution in [0.4, 0.5) is 22.7 Å². The van der Waals surface area contributed by atoms with E-state index in [1.807, 2.05) is 36.4 Å². The SMILES string of the molecule is Nc1ccc(Cc2ccc(Nc3ccc([N+](=O)[O-])cc3)cc2)cc1. The van der Waals surface area contributed by atoms with Crippen LogP contribution in [-0.2, 0) is 6.42 Å². The number of hydrogen-bond acceptors (Lipinski definition) is 4. The first-order valence-corrected chi connectivity index (χ1v) is 7.55. The van der Waals surface area contributed by atoms with Crippen molar-refractivity contribution in [2.45, 2.75) is 6.42 Å². The molecule has 0 aliphatic rings. The third-order valence-corrected chi connectivity index (χ3v) is 3.71. The molecule has 0 heterocycles. The lowest BCUT2D eigenvalue weighted by atomic mass is 10.0. The van der Waals surface area contributed by atoms with Crippen molar-refractivity contribution in [2.24, 2.45) is 0 Å². The fraction of sp³-hybridized carbons (Fsp3) is 0.0526. The molecular formula is C19H17N3O2. The summed E-state index contributed by atoms with van der Waals surface area (Å²) in [6, 6.07) is 22.3. The van der Waals surface area contributed by atoms with Gasteiger partial charge in [0.05, 0.1) is 4.92 Å². The second-order valence-electron chi connectivity index (χ2n) is 5.54. The zero-order valence-corrected chi connectivity index (χ0v) is 13.0. The molecule has 0 atom stereocenters. The highest BCUT2D eigenvalue weighted by Crippen LogP contribution is 2.21. The third kappa shape index (κ3) is 3.89. The molecule has 0 spiro atoms. The minimum absolute atomic E-state index is 0.0828. The molecule has 0 aliphatic carbocycles. The van der Waals surface area contributed by atoms with Crippen molar-refractivity contribution in [3.63, 3.8) is 0 Å². The highest BCUT2D eigenvalue weighted by Gasteiger charge is 2.04. The molecular weight excluding hydrogens is 302 g/mol. The Morgan fingerprint density at radius 3 is 1.75 bits per heavy atom. The second kappa shape index (κ2) is 6.83. The summed E-state index contributed by atoms with van der Waals surface area (Å²) < 4.78 is 0. The summed E-state index contributed by atoms with van der Waals surface area (Å²) in [5, 5.41) is 13.9. The smallest absolute Gasteiger partial charge is 0.269 e. The van der Waals surface area contributed by atoms with Gasteiger partial charge >= 0.3 is 0 Å². The topological polar surface area (TPSA) is 81.2 Å². The van der Waals surface area contributed by atoms with E-state index in [0.717, 1.165) is 23.5 Å². The van der Waals surface area contributed by atoms with Crippen LogP contribution >= 0.6 is 0 Å². The van der Waals surface area contributed by atoms with Gasteiger partial charge in [0, 0.05) is 29.2 Å². The van der Waals surface area contributed by atoms with Gasteiger partial charge in [-0.15, -0.1) is 0 Å². The molecule has 0 saturated carbocycles. The van der Waals surface area contributed by atoms with E-state index in [1.165, 1.54) is 23.3 Å². The minimum Gasteiger partial charge on any atom is -0.399 e. The molecule has 0 fully saturated rings. The van der Waals surface area contributed by atoms with Crippen molar-refractivity contribution in [1.82, 2.24) is 0 Å². The molecule has 0 bridgehead atoms. The Labute approximate surface area is 139 Å².